The highest BCUT2D eigenvalue weighted by atomic mass is 14.9. The molecule has 1 N–H and O–H groups in total. The van der Waals surface area contributed by atoms with E-state index in [-0.39, 0.29) is 0 Å². The summed E-state index contributed by atoms with van der Waals surface area (Å²) < 4.78 is 0. The largest absolute Gasteiger partial charge is 0.384 e. The Morgan fingerprint density at radius 3 is 3.00 bits per heavy atom. The summed E-state index contributed by atoms with van der Waals surface area (Å²) in [6.45, 7) is 5.27. The molecule has 1 aromatic heterocycles. The number of rotatable bonds is 2. The first-order chi connectivity index (χ1) is 8.29. The van der Waals surface area contributed by atoms with Crippen molar-refractivity contribution in [2.45, 2.75) is 33.1 Å². The van der Waals surface area contributed by atoms with Gasteiger partial charge in [0.05, 0.1) is 5.52 Å². The molecular weight excluding hydrogens is 208 g/mol. The van der Waals surface area contributed by atoms with Gasteiger partial charge in [-0.25, -0.2) is 0 Å². The van der Waals surface area contributed by atoms with Gasteiger partial charge in [-0.3, -0.25) is 4.98 Å². The molecule has 1 aromatic carbocycles. The summed E-state index contributed by atoms with van der Waals surface area (Å²) in [5.41, 5.74) is 6.51. The van der Waals surface area contributed by atoms with Crippen LogP contribution in [0.3, 0.4) is 0 Å². The Morgan fingerprint density at radius 1 is 1.29 bits per heavy atom. The normalized spacial score (nSPS) is 14.0. The van der Waals surface area contributed by atoms with Crippen molar-refractivity contribution in [1.82, 2.24) is 4.98 Å². The molecule has 0 bridgehead atoms. The van der Waals surface area contributed by atoms with Gasteiger partial charge in [-0.2, -0.15) is 0 Å². The molecule has 1 aliphatic carbocycles. The van der Waals surface area contributed by atoms with Crippen LogP contribution in [-0.4, -0.2) is 11.5 Å². The molecule has 2 nitrogen and oxygen atoms in total. The first kappa shape index (κ1) is 10.6. The third-order valence-corrected chi connectivity index (χ3v) is 3.52. The zero-order chi connectivity index (χ0) is 11.8. The maximum absolute atomic E-state index is 4.80. The lowest BCUT2D eigenvalue weighted by Crippen LogP contribution is -2.03. The lowest BCUT2D eigenvalue weighted by molar-refractivity contribution is 0.901. The molecule has 2 heteroatoms. The summed E-state index contributed by atoms with van der Waals surface area (Å²) in [5, 5.41) is 4.82. The van der Waals surface area contributed by atoms with Crippen molar-refractivity contribution in [2.75, 3.05) is 11.9 Å². The van der Waals surface area contributed by atoms with Crippen LogP contribution in [0.25, 0.3) is 10.9 Å². The number of aromatic nitrogens is 1. The van der Waals surface area contributed by atoms with Crippen LogP contribution in [0.4, 0.5) is 5.69 Å². The minimum Gasteiger partial charge on any atom is -0.384 e. The van der Waals surface area contributed by atoms with Crippen molar-refractivity contribution in [1.29, 1.82) is 0 Å². The summed E-state index contributed by atoms with van der Waals surface area (Å²) >= 11 is 0. The van der Waals surface area contributed by atoms with Crippen molar-refractivity contribution in [2.24, 2.45) is 0 Å². The first-order valence-electron chi connectivity index (χ1n) is 6.45. The highest BCUT2D eigenvalue weighted by Crippen LogP contribution is 2.34. The average molecular weight is 226 g/mol. The fourth-order valence-corrected chi connectivity index (χ4v) is 2.75. The van der Waals surface area contributed by atoms with E-state index in [0.29, 0.717) is 0 Å². The summed E-state index contributed by atoms with van der Waals surface area (Å²) in [6, 6.07) is 6.54. The Hall–Kier alpha value is -1.57. The van der Waals surface area contributed by atoms with Crippen LogP contribution in [0, 0.1) is 6.92 Å². The van der Waals surface area contributed by atoms with Gasteiger partial charge in [-0.05, 0) is 50.8 Å². The second-order valence-corrected chi connectivity index (χ2v) is 4.82. The van der Waals surface area contributed by atoms with Gasteiger partial charge in [0.15, 0.2) is 0 Å². The Kier molecular flexibility index (Phi) is 2.50. The number of fused-ring (bicyclic) bond motifs is 2. The highest BCUT2D eigenvalue weighted by Gasteiger charge is 2.18. The predicted octanol–water partition coefficient (Wildman–Crippen LogP) is 3.46. The van der Waals surface area contributed by atoms with E-state index in [4.69, 9.17) is 4.98 Å². The van der Waals surface area contributed by atoms with E-state index in [9.17, 15) is 0 Å². The van der Waals surface area contributed by atoms with Gasteiger partial charge in [-0.15, -0.1) is 0 Å². The minimum absolute atomic E-state index is 0.972. The van der Waals surface area contributed by atoms with Crippen LogP contribution >= 0.6 is 0 Å². The van der Waals surface area contributed by atoms with E-state index in [0.717, 1.165) is 18.5 Å². The van der Waals surface area contributed by atoms with Gasteiger partial charge in [-0.1, -0.05) is 11.6 Å². The van der Waals surface area contributed by atoms with Gasteiger partial charge >= 0.3 is 0 Å². The number of aryl methyl sites for hydroxylation is 2. The molecule has 0 saturated carbocycles. The van der Waals surface area contributed by atoms with Crippen molar-refractivity contribution in [3.05, 3.63) is 35.0 Å². The van der Waals surface area contributed by atoms with Gasteiger partial charge in [0.1, 0.15) is 0 Å². The number of benzene rings is 1. The quantitative estimate of drug-likeness (QED) is 0.848. The fraction of sp³-hybridized carbons (Fsp3) is 0.400. The molecule has 1 heterocycles. The van der Waals surface area contributed by atoms with Crippen LogP contribution < -0.4 is 5.32 Å². The average Bonchev–Trinajstić information content (AvgIpc) is 2.77. The van der Waals surface area contributed by atoms with E-state index >= 15 is 0 Å². The fourth-order valence-electron chi connectivity index (χ4n) is 2.75. The minimum atomic E-state index is 0.972. The topological polar surface area (TPSA) is 24.9 Å². The van der Waals surface area contributed by atoms with E-state index in [1.807, 2.05) is 0 Å². The van der Waals surface area contributed by atoms with Crippen LogP contribution in [0.2, 0.25) is 0 Å². The third-order valence-electron chi connectivity index (χ3n) is 3.52. The molecule has 3 rings (SSSR count). The zero-order valence-corrected chi connectivity index (χ0v) is 10.5. The van der Waals surface area contributed by atoms with E-state index < -0.39 is 0 Å². The Bertz CT molecular complexity index is 573. The molecule has 0 unspecified atom stereocenters. The number of hydrogen-bond acceptors (Lipinski definition) is 2. The monoisotopic (exact) mass is 226 g/mol. The number of nitrogens with zero attached hydrogens (tertiary/aromatic N) is 1. The molecule has 88 valence electrons. The third kappa shape index (κ3) is 1.68. The first-order valence-corrected chi connectivity index (χ1v) is 6.45. The van der Waals surface area contributed by atoms with Crippen molar-refractivity contribution < 1.29 is 0 Å². The van der Waals surface area contributed by atoms with Crippen LogP contribution in [0.1, 0.15) is 30.2 Å². The number of pyridine rings is 1. The Labute approximate surface area is 102 Å². The van der Waals surface area contributed by atoms with Crippen LogP contribution in [0.15, 0.2) is 18.2 Å². The second kappa shape index (κ2) is 4.02. The maximum atomic E-state index is 4.80. The zero-order valence-electron chi connectivity index (χ0n) is 10.5. The van der Waals surface area contributed by atoms with E-state index in [1.165, 1.54) is 40.7 Å². The molecule has 0 radical (unpaired) electrons. The molecule has 0 amide bonds. The molecule has 0 spiro atoms. The molecule has 1 aliphatic rings. The second-order valence-electron chi connectivity index (χ2n) is 4.82. The maximum Gasteiger partial charge on any atom is 0.0726 e. The summed E-state index contributed by atoms with van der Waals surface area (Å²) in [5.74, 6) is 0. The van der Waals surface area contributed by atoms with Crippen molar-refractivity contribution in [3.8, 4) is 0 Å². The van der Waals surface area contributed by atoms with Gasteiger partial charge < -0.3 is 5.32 Å². The predicted molar refractivity (Wildman–Crippen MR) is 72.7 cm³/mol. The molecule has 0 aliphatic heterocycles. The van der Waals surface area contributed by atoms with Gasteiger partial charge in [0, 0.05) is 23.3 Å². The lowest BCUT2D eigenvalue weighted by Gasteiger charge is -2.13. The van der Waals surface area contributed by atoms with Crippen molar-refractivity contribution >= 4 is 16.6 Å². The molecule has 0 saturated heterocycles. The van der Waals surface area contributed by atoms with Crippen molar-refractivity contribution in [3.63, 3.8) is 0 Å². The summed E-state index contributed by atoms with van der Waals surface area (Å²) in [4.78, 5) is 4.80. The standard InChI is InChI=1S/C15H18N2/c1-3-16-15-11-5-4-6-13(11)17-14-8-7-10(2)9-12(14)15/h7-9H,3-6H2,1-2H3,(H,16,17). The highest BCUT2D eigenvalue weighted by molar-refractivity contribution is 5.94. The van der Waals surface area contributed by atoms with E-state index in [2.05, 4.69) is 37.4 Å². The number of hydrogen-bond donors (Lipinski definition) is 1. The number of anilines is 1. The Morgan fingerprint density at radius 2 is 2.18 bits per heavy atom. The molecular formula is C15H18N2. The molecule has 17 heavy (non-hydrogen) atoms. The number of nitrogens with one attached hydrogen (secondary N) is 1. The van der Waals surface area contributed by atoms with Gasteiger partial charge in [0.2, 0.25) is 0 Å². The molecule has 2 aromatic rings. The van der Waals surface area contributed by atoms with Gasteiger partial charge in [0.25, 0.3) is 0 Å². The Balaban J connectivity index is 2.32. The SMILES string of the molecule is CCNc1c2c(nc3ccc(C)cc13)CCC2. The summed E-state index contributed by atoms with van der Waals surface area (Å²) in [7, 11) is 0. The lowest BCUT2D eigenvalue weighted by atomic mass is 10.0. The van der Waals surface area contributed by atoms with Crippen LogP contribution in [-0.2, 0) is 12.8 Å². The molecule has 0 fully saturated rings. The summed E-state index contributed by atoms with van der Waals surface area (Å²) in [6.07, 6.45) is 3.56. The van der Waals surface area contributed by atoms with Crippen LogP contribution in [0.5, 0.6) is 0 Å². The molecule has 0 atom stereocenters. The van der Waals surface area contributed by atoms with E-state index in [1.54, 1.807) is 0 Å². The smallest absolute Gasteiger partial charge is 0.0726 e.